The molecule has 0 fully saturated rings. The number of carbonyl (C=O) groups is 1. The van der Waals surface area contributed by atoms with E-state index in [-0.39, 0.29) is 11.8 Å². The van der Waals surface area contributed by atoms with Gasteiger partial charge in [0.2, 0.25) is 0 Å². The first-order chi connectivity index (χ1) is 11.2. The molecule has 0 N–H and O–H groups in total. The summed E-state index contributed by atoms with van der Waals surface area (Å²) in [6.07, 6.45) is 3.93. The van der Waals surface area contributed by atoms with Gasteiger partial charge in [-0.2, -0.15) is 0 Å². The molecule has 23 heavy (non-hydrogen) atoms. The molecule has 1 heterocycles. The third-order valence-corrected chi connectivity index (χ3v) is 4.02. The topological polar surface area (TPSA) is 38.8 Å². The van der Waals surface area contributed by atoms with E-state index < -0.39 is 0 Å². The Morgan fingerprint density at radius 3 is 2.04 bits per heavy atom. The van der Waals surface area contributed by atoms with Crippen LogP contribution >= 0.6 is 0 Å². The molecular weight excluding hydrogens is 290 g/mol. The van der Waals surface area contributed by atoms with Crippen LogP contribution in [0.5, 0.6) is 11.5 Å². The van der Waals surface area contributed by atoms with Crippen LogP contribution in [0, 0.1) is 0 Å². The quantitative estimate of drug-likeness (QED) is 0.862. The molecule has 0 bridgehead atoms. The van der Waals surface area contributed by atoms with Crippen molar-refractivity contribution in [1.29, 1.82) is 0 Å². The Kier molecular flexibility index (Phi) is 4.33. The number of ether oxygens (including phenoxy) is 2. The Bertz CT molecular complexity index is 704. The van der Waals surface area contributed by atoms with E-state index in [1.54, 1.807) is 20.3 Å². The van der Waals surface area contributed by atoms with Crippen LogP contribution in [0.4, 0.5) is 5.69 Å². The fourth-order valence-corrected chi connectivity index (χ4v) is 2.75. The number of hydrogen-bond donors (Lipinski definition) is 0. The molecule has 0 spiro atoms. The summed E-state index contributed by atoms with van der Waals surface area (Å²) < 4.78 is 10.4. The number of anilines is 1. The van der Waals surface area contributed by atoms with E-state index in [1.165, 1.54) is 0 Å². The van der Waals surface area contributed by atoms with Crippen LogP contribution in [-0.2, 0) is 4.79 Å². The van der Waals surface area contributed by atoms with Gasteiger partial charge in [-0.15, -0.1) is 0 Å². The Morgan fingerprint density at radius 2 is 1.48 bits per heavy atom. The lowest BCUT2D eigenvalue weighted by atomic mass is 9.96. The normalized spacial score (nSPS) is 17.2. The van der Waals surface area contributed by atoms with Crippen LogP contribution in [0.1, 0.15) is 18.0 Å². The van der Waals surface area contributed by atoms with Gasteiger partial charge >= 0.3 is 0 Å². The highest BCUT2D eigenvalue weighted by atomic mass is 16.5. The molecule has 0 radical (unpaired) electrons. The smallest absolute Gasteiger partial charge is 0.159 e. The fourth-order valence-electron chi connectivity index (χ4n) is 2.75. The molecule has 2 aromatic rings. The number of nitrogens with zero attached hydrogens (tertiary/aromatic N) is 1. The van der Waals surface area contributed by atoms with Crippen molar-refractivity contribution in [3.63, 3.8) is 0 Å². The second kappa shape index (κ2) is 6.57. The number of methoxy groups -OCH3 is 2. The molecule has 0 aromatic heterocycles. The number of ketones is 1. The molecule has 4 heteroatoms. The van der Waals surface area contributed by atoms with E-state index in [2.05, 4.69) is 4.90 Å². The van der Waals surface area contributed by atoms with E-state index in [1.807, 2.05) is 54.7 Å². The lowest BCUT2D eigenvalue weighted by Crippen LogP contribution is -2.28. The molecule has 0 amide bonds. The zero-order valence-corrected chi connectivity index (χ0v) is 13.2. The van der Waals surface area contributed by atoms with Crippen molar-refractivity contribution in [3.8, 4) is 11.5 Å². The summed E-state index contributed by atoms with van der Waals surface area (Å²) in [6.45, 7) is 0. The molecule has 0 saturated carbocycles. The summed E-state index contributed by atoms with van der Waals surface area (Å²) >= 11 is 0. The second-order valence-electron chi connectivity index (χ2n) is 5.38. The Morgan fingerprint density at radius 1 is 0.913 bits per heavy atom. The third kappa shape index (κ3) is 3.21. The summed E-state index contributed by atoms with van der Waals surface area (Å²) in [7, 11) is 3.29. The van der Waals surface area contributed by atoms with Gasteiger partial charge in [-0.3, -0.25) is 4.79 Å². The van der Waals surface area contributed by atoms with Crippen LogP contribution < -0.4 is 14.4 Å². The summed E-state index contributed by atoms with van der Waals surface area (Å²) in [5, 5.41) is 0. The van der Waals surface area contributed by atoms with Crippen molar-refractivity contribution in [1.82, 2.24) is 0 Å². The minimum Gasteiger partial charge on any atom is -0.497 e. The summed E-state index contributed by atoms with van der Waals surface area (Å²) in [6, 6.07) is 15.7. The molecule has 0 aliphatic carbocycles. The molecule has 1 aliphatic heterocycles. The number of benzene rings is 2. The highest BCUT2D eigenvalue weighted by molar-refractivity contribution is 5.92. The summed E-state index contributed by atoms with van der Waals surface area (Å²) in [5.74, 6) is 1.75. The van der Waals surface area contributed by atoms with Crippen molar-refractivity contribution in [3.05, 3.63) is 66.4 Å². The van der Waals surface area contributed by atoms with Crippen LogP contribution in [0.15, 0.2) is 60.8 Å². The maximum absolute atomic E-state index is 11.9. The second-order valence-corrected chi connectivity index (χ2v) is 5.38. The standard InChI is InChI=1S/C19H19NO3/c1-22-17-7-3-14(4-8-17)19-13-16(21)11-12-20(19)15-5-9-18(23-2)10-6-15/h3-12,19H,13H2,1-2H3. The number of carbonyl (C=O) groups excluding carboxylic acids is 1. The van der Waals surface area contributed by atoms with Gasteiger partial charge in [0, 0.05) is 18.3 Å². The highest BCUT2D eigenvalue weighted by Gasteiger charge is 2.25. The average Bonchev–Trinajstić information content (AvgIpc) is 2.62. The highest BCUT2D eigenvalue weighted by Crippen LogP contribution is 2.34. The molecule has 1 unspecified atom stereocenters. The predicted molar refractivity (Wildman–Crippen MR) is 90.0 cm³/mol. The van der Waals surface area contributed by atoms with Gasteiger partial charge in [0.1, 0.15) is 11.5 Å². The maximum Gasteiger partial charge on any atom is 0.159 e. The summed E-state index contributed by atoms with van der Waals surface area (Å²) in [4.78, 5) is 14.0. The Balaban J connectivity index is 1.94. The lowest BCUT2D eigenvalue weighted by Gasteiger charge is -2.33. The van der Waals surface area contributed by atoms with E-state index in [0.29, 0.717) is 6.42 Å². The minimum absolute atomic E-state index is 0.0215. The number of rotatable bonds is 4. The van der Waals surface area contributed by atoms with Crippen LogP contribution in [0.25, 0.3) is 0 Å². The van der Waals surface area contributed by atoms with Gasteiger partial charge in [-0.05, 0) is 48.0 Å². The monoisotopic (exact) mass is 309 g/mol. The van der Waals surface area contributed by atoms with Crippen molar-refractivity contribution in [2.24, 2.45) is 0 Å². The molecule has 0 saturated heterocycles. The van der Waals surface area contributed by atoms with E-state index in [0.717, 1.165) is 22.7 Å². The minimum atomic E-state index is -0.0215. The molecule has 2 aromatic carbocycles. The average molecular weight is 309 g/mol. The van der Waals surface area contributed by atoms with Gasteiger partial charge in [0.05, 0.1) is 20.3 Å². The van der Waals surface area contributed by atoms with Crippen molar-refractivity contribution in [2.45, 2.75) is 12.5 Å². The largest absolute Gasteiger partial charge is 0.497 e. The SMILES string of the molecule is COc1ccc(C2CC(=O)C=CN2c2ccc(OC)cc2)cc1. The lowest BCUT2D eigenvalue weighted by molar-refractivity contribution is -0.115. The van der Waals surface area contributed by atoms with E-state index in [4.69, 9.17) is 9.47 Å². The Hall–Kier alpha value is -2.75. The predicted octanol–water partition coefficient (Wildman–Crippen LogP) is 3.74. The van der Waals surface area contributed by atoms with Crippen molar-refractivity contribution < 1.29 is 14.3 Å². The van der Waals surface area contributed by atoms with Gasteiger partial charge in [-0.1, -0.05) is 12.1 Å². The fraction of sp³-hybridized carbons (Fsp3) is 0.211. The van der Waals surface area contributed by atoms with Gasteiger partial charge < -0.3 is 14.4 Å². The zero-order chi connectivity index (χ0) is 16.2. The first-order valence-electron chi connectivity index (χ1n) is 7.48. The molecule has 3 rings (SSSR count). The molecule has 1 atom stereocenters. The number of hydrogen-bond acceptors (Lipinski definition) is 4. The first kappa shape index (κ1) is 15.2. The van der Waals surface area contributed by atoms with Crippen LogP contribution in [0.2, 0.25) is 0 Å². The molecule has 1 aliphatic rings. The number of allylic oxidation sites excluding steroid dienone is 1. The van der Waals surface area contributed by atoms with E-state index in [9.17, 15) is 4.79 Å². The van der Waals surface area contributed by atoms with Gasteiger partial charge in [-0.25, -0.2) is 0 Å². The van der Waals surface area contributed by atoms with Crippen molar-refractivity contribution in [2.75, 3.05) is 19.1 Å². The van der Waals surface area contributed by atoms with E-state index >= 15 is 0 Å². The maximum atomic E-state index is 11.9. The third-order valence-electron chi connectivity index (χ3n) is 4.02. The zero-order valence-electron chi connectivity index (χ0n) is 13.2. The molecule has 118 valence electrons. The molecular formula is C19H19NO3. The van der Waals surface area contributed by atoms with Gasteiger partial charge in [0.15, 0.2) is 5.78 Å². The molecule has 4 nitrogen and oxygen atoms in total. The van der Waals surface area contributed by atoms with Crippen LogP contribution in [0.3, 0.4) is 0 Å². The Labute approximate surface area is 135 Å². The van der Waals surface area contributed by atoms with Crippen molar-refractivity contribution >= 4 is 11.5 Å². The first-order valence-corrected chi connectivity index (χ1v) is 7.48. The van der Waals surface area contributed by atoms with Crippen LogP contribution in [-0.4, -0.2) is 20.0 Å². The summed E-state index contributed by atoms with van der Waals surface area (Å²) in [5.41, 5.74) is 2.11. The van der Waals surface area contributed by atoms with Gasteiger partial charge in [0.25, 0.3) is 0 Å².